The van der Waals surface area contributed by atoms with E-state index in [-0.39, 0.29) is 11.8 Å². The van der Waals surface area contributed by atoms with Crippen molar-refractivity contribution in [2.24, 2.45) is 11.5 Å². The Labute approximate surface area is 265 Å². The zero-order chi connectivity index (χ0) is 31.2. The number of piperidine rings is 1. The van der Waals surface area contributed by atoms with E-state index in [1.807, 2.05) is 52.1 Å². The van der Waals surface area contributed by atoms with Crippen molar-refractivity contribution in [1.29, 1.82) is 0 Å². The Morgan fingerprint density at radius 2 is 1.67 bits per heavy atom. The predicted octanol–water partition coefficient (Wildman–Crippen LogP) is 3.15. The fourth-order valence-electron chi connectivity index (χ4n) is 6.71. The van der Waals surface area contributed by atoms with Crippen molar-refractivity contribution >= 4 is 23.3 Å². The molecule has 2 aromatic carbocycles. The minimum Gasteiger partial charge on any atom is -0.457 e. The number of rotatable bonds is 10. The molecule has 3 aliphatic heterocycles. The zero-order valence-corrected chi connectivity index (χ0v) is 25.9. The lowest BCUT2D eigenvalue weighted by molar-refractivity contribution is -0.127. The van der Waals surface area contributed by atoms with Crippen molar-refractivity contribution in [3.63, 3.8) is 0 Å². The van der Waals surface area contributed by atoms with Crippen LogP contribution in [0, 0.1) is 0 Å². The SMILES string of the molecule is NCCN1CCN(C/C=C/C(=O)N2CCC(c3cc(Oc4ccccc4)ccc3N3CCCn4ncc(C(N)=O)c43)CC2)CC1. The fourth-order valence-corrected chi connectivity index (χ4v) is 6.71. The number of carbonyl (C=O) groups is 2. The molecule has 0 spiro atoms. The van der Waals surface area contributed by atoms with Crippen LogP contribution in [0.2, 0.25) is 0 Å². The first-order valence-corrected chi connectivity index (χ1v) is 16.1. The number of carbonyl (C=O) groups excluding carboxylic acids is 2. The molecule has 2 saturated heterocycles. The number of nitrogens with zero attached hydrogens (tertiary/aromatic N) is 6. The van der Waals surface area contributed by atoms with Gasteiger partial charge in [0, 0.05) is 83.8 Å². The Kier molecular flexibility index (Phi) is 9.78. The highest BCUT2D eigenvalue weighted by Crippen LogP contribution is 2.42. The van der Waals surface area contributed by atoms with Gasteiger partial charge in [0.25, 0.3) is 5.91 Å². The standard InChI is InChI=1S/C34H44N8O3/c35-13-19-39-22-20-38(21-23-39)14-4-8-32(43)40-17-11-26(12-18-40)29-24-28(45-27-6-2-1-3-7-27)9-10-31(29)41-15-5-16-42-34(41)30(25-37-42)33(36)44/h1-4,6-10,24-26H,5,11-23,35H2,(H2,36,44)/b8-4+. The minimum absolute atomic E-state index is 0.0719. The van der Waals surface area contributed by atoms with Crippen LogP contribution in [0.3, 0.4) is 0 Å². The molecule has 0 aliphatic carbocycles. The monoisotopic (exact) mass is 612 g/mol. The number of primary amides is 1. The van der Waals surface area contributed by atoms with Gasteiger partial charge < -0.3 is 26.0 Å². The quantitative estimate of drug-likeness (QED) is 0.335. The molecule has 0 radical (unpaired) electrons. The van der Waals surface area contributed by atoms with Crippen molar-refractivity contribution < 1.29 is 14.3 Å². The topological polar surface area (TPSA) is 126 Å². The molecule has 0 bridgehead atoms. The van der Waals surface area contributed by atoms with Gasteiger partial charge >= 0.3 is 0 Å². The van der Waals surface area contributed by atoms with E-state index in [4.69, 9.17) is 16.2 Å². The Bertz CT molecular complexity index is 1490. The van der Waals surface area contributed by atoms with Gasteiger partial charge in [-0.3, -0.25) is 19.4 Å². The molecule has 6 rings (SSSR count). The zero-order valence-electron chi connectivity index (χ0n) is 25.9. The van der Waals surface area contributed by atoms with Gasteiger partial charge in [-0.25, -0.2) is 4.68 Å². The first kappa shape index (κ1) is 30.8. The van der Waals surface area contributed by atoms with Gasteiger partial charge in [-0.2, -0.15) is 5.10 Å². The highest BCUT2D eigenvalue weighted by molar-refractivity contribution is 5.98. The Hall–Kier alpha value is -4.19. The van der Waals surface area contributed by atoms with Crippen LogP contribution in [0.1, 0.15) is 41.1 Å². The molecular formula is C34H44N8O3. The minimum atomic E-state index is -0.484. The van der Waals surface area contributed by atoms with Crippen LogP contribution in [0.25, 0.3) is 0 Å². The van der Waals surface area contributed by atoms with Crippen molar-refractivity contribution in [2.45, 2.75) is 31.7 Å². The number of anilines is 2. The summed E-state index contributed by atoms with van der Waals surface area (Å²) in [4.78, 5) is 34.3. The molecule has 3 aromatic rings. The predicted molar refractivity (Wildman–Crippen MR) is 175 cm³/mol. The summed E-state index contributed by atoms with van der Waals surface area (Å²) in [6.07, 6.45) is 7.89. The summed E-state index contributed by atoms with van der Waals surface area (Å²) in [6.45, 7) is 9.32. The second-order valence-corrected chi connectivity index (χ2v) is 12.0. The first-order chi connectivity index (χ1) is 22.0. The number of hydrogen-bond acceptors (Lipinski definition) is 8. The number of aromatic nitrogens is 2. The highest BCUT2D eigenvalue weighted by Gasteiger charge is 2.31. The summed E-state index contributed by atoms with van der Waals surface area (Å²) in [5.74, 6) is 2.07. The van der Waals surface area contributed by atoms with Crippen LogP contribution in [-0.4, -0.2) is 102 Å². The number of amides is 2. The highest BCUT2D eigenvalue weighted by atomic mass is 16.5. The van der Waals surface area contributed by atoms with Gasteiger partial charge in [-0.05, 0) is 61.1 Å². The van der Waals surface area contributed by atoms with E-state index in [2.05, 4.69) is 31.9 Å². The summed E-state index contributed by atoms with van der Waals surface area (Å²) < 4.78 is 8.11. The van der Waals surface area contributed by atoms with Crippen molar-refractivity contribution in [3.8, 4) is 11.5 Å². The lowest BCUT2D eigenvalue weighted by Crippen LogP contribution is -2.47. The van der Waals surface area contributed by atoms with Crippen LogP contribution in [0.15, 0.2) is 66.9 Å². The van der Waals surface area contributed by atoms with Gasteiger partial charge in [0.15, 0.2) is 0 Å². The number of ether oxygens (including phenoxy) is 1. The Morgan fingerprint density at radius 3 is 2.40 bits per heavy atom. The molecule has 4 heterocycles. The molecule has 4 N–H and O–H groups in total. The molecule has 2 amide bonds. The smallest absolute Gasteiger partial charge is 0.254 e. The van der Waals surface area contributed by atoms with E-state index in [0.29, 0.717) is 25.2 Å². The lowest BCUT2D eigenvalue weighted by Gasteiger charge is -2.36. The summed E-state index contributed by atoms with van der Waals surface area (Å²) >= 11 is 0. The molecule has 0 unspecified atom stereocenters. The maximum absolute atomic E-state index is 13.1. The fraction of sp³-hybridized carbons (Fsp3) is 0.441. The molecule has 11 nitrogen and oxygen atoms in total. The van der Waals surface area contributed by atoms with E-state index in [9.17, 15) is 9.59 Å². The van der Waals surface area contributed by atoms with Crippen molar-refractivity contribution in [3.05, 3.63) is 78.0 Å². The summed E-state index contributed by atoms with van der Waals surface area (Å²) in [5, 5.41) is 4.45. The number of hydrogen-bond donors (Lipinski definition) is 2. The van der Waals surface area contributed by atoms with Gasteiger partial charge in [0.1, 0.15) is 22.9 Å². The molecule has 2 fully saturated rings. The molecule has 11 heteroatoms. The molecule has 45 heavy (non-hydrogen) atoms. The molecule has 0 atom stereocenters. The number of nitrogens with two attached hydrogens (primary N) is 2. The van der Waals surface area contributed by atoms with Gasteiger partial charge in [-0.15, -0.1) is 0 Å². The lowest BCUT2D eigenvalue weighted by atomic mass is 9.87. The van der Waals surface area contributed by atoms with Crippen LogP contribution < -0.4 is 21.1 Å². The molecule has 3 aliphatic rings. The largest absolute Gasteiger partial charge is 0.457 e. The number of aryl methyl sites for hydroxylation is 1. The summed E-state index contributed by atoms with van der Waals surface area (Å²) in [7, 11) is 0. The summed E-state index contributed by atoms with van der Waals surface area (Å²) in [6, 6.07) is 15.9. The first-order valence-electron chi connectivity index (χ1n) is 16.1. The van der Waals surface area contributed by atoms with Crippen LogP contribution in [-0.2, 0) is 11.3 Å². The normalized spacial score (nSPS) is 18.3. The number of benzene rings is 2. The average molecular weight is 613 g/mol. The van der Waals surface area contributed by atoms with E-state index >= 15 is 0 Å². The van der Waals surface area contributed by atoms with E-state index in [1.54, 1.807) is 12.3 Å². The number of likely N-dealkylation sites (tertiary alicyclic amines) is 1. The van der Waals surface area contributed by atoms with E-state index in [0.717, 1.165) is 100 Å². The van der Waals surface area contributed by atoms with Crippen LogP contribution in [0.4, 0.5) is 11.5 Å². The van der Waals surface area contributed by atoms with Gasteiger partial charge in [0.05, 0.1) is 6.20 Å². The van der Waals surface area contributed by atoms with Crippen LogP contribution >= 0.6 is 0 Å². The van der Waals surface area contributed by atoms with Gasteiger partial charge in [0.2, 0.25) is 5.91 Å². The number of piperazine rings is 1. The molecule has 0 saturated carbocycles. The maximum atomic E-state index is 13.1. The van der Waals surface area contributed by atoms with Crippen molar-refractivity contribution in [1.82, 2.24) is 24.5 Å². The molecule has 1 aromatic heterocycles. The van der Waals surface area contributed by atoms with E-state index < -0.39 is 5.91 Å². The summed E-state index contributed by atoms with van der Waals surface area (Å²) in [5.41, 5.74) is 14.0. The Morgan fingerprint density at radius 1 is 0.911 bits per heavy atom. The third-order valence-corrected chi connectivity index (χ3v) is 9.13. The number of fused-ring (bicyclic) bond motifs is 1. The van der Waals surface area contributed by atoms with Gasteiger partial charge in [-0.1, -0.05) is 24.3 Å². The molecule has 238 valence electrons. The van der Waals surface area contributed by atoms with Crippen molar-refractivity contribution in [2.75, 3.05) is 70.3 Å². The Balaban J connectivity index is 1.16. The van der Waals surface area contributed by atoms with E-state index in [1.165, 1.54) is 0 Å². The second-order valence-electron chi connectivity index (χ2n) is 12.0. The van der Waals surface area contributed by atoms with Crippen LogP contribution in [0.5, 0.6) is 11.5 Å². The average Bonchev–Trinajstić information content (AvgIpc) is 3.51. The second kappa shape index (κ2) is 14.3. The molecular weight excluding hydrogens is 568 g/mol. The maximum Gasteiger partial charge on any atom is 0.254 e. The third-order valence-electron chi connectivity index (χ3n) is 9.13. The number of para-hydroxylation sites is 1. The third kappa shape index (κ3) is 7.22.